The van der Waals surface area contributed by atoms with Gasteiger partial charge in [-0.05, 0) is 42.9 Å². The van der Waals surface area contributed by atoms with Crippen LogP contribution in [0.1, 0.15) is 44.6 Å². The molecule has 0 bridgehead atoms. The molecule has 0 spiro atoms. The molecular weight excluding hydrogens is 236 g/mol. The quantitative estimate of drug-likeness (QED) is 0.906. The fourth-order valence-corrected chi connectivity index (χ4v) is 2.97. The molecule has 19 heavy (non-hydrogen) atoms. The molecule has 0 amide bonds. The van der Waals surface area contributed by atoms with Gasteiger partial charge in [-0.3, -0.25) is 0 Å². The molecule has 2 atom stereocenters. The average Bonchev–Trinajstić information content (AvgIpc) is 2.83. The lowest BCUT2D eigenvalue weighted by Gasteiger charge is -2.31. The van der Waals surface area contributed by atoms with E-state index in [9.17, 15) is 0 Å². The zero-order chi connectivity index (χ0) is 14.0. The zero-order valence-electron chi connectivity index (χ0n) is 12.5. The van der Waals surface area contributed by atoms with Gasteiger partial charge in [0, 0.05) is 19.1 Å². The fourth-order valence-electron chi connectivity index (χ4n) is 2.97. The topological polar surface area (TPSA) is 38.5 Å². The minimum Gasteiger partial charge on any atom is -0.495 e. The van der Waals surface area contributed by atoms with Gasteiger partial charge in [0.15, 0.2) is 0 Å². The molecular formula is C16H26N2O. The summed E-state index contributed by atoms with van der Waals surface area (Å²) in [5, 5.41) is 0. The van der Waals surface area contributed by atoms with E-state index in [1.54, 1.807) is 7.11 Å². The Kier molecular flexibility index (Phi) is 4.35. The second kappa shape index (κ2) is 5.83. The molecule has 2 N–H and O–H groups in total. The zero-order valence-corrected chi connectivity index (χ0v) is 12.5. The van der Waals surface area contributed by atoms with Crippen LogP contribution < -0.4 is 15.4 Å². The SMILES string of the molecule is COc1cc(C(C)C)ccc1N(C)C1CCCC1N. The number of benzene rings is 1. The molecule has 1 aliphatic carbocycles. The molecule has 0 radical (unpaired) electrons. The minimum atomic E-state index is 0.277. The molecule has 0 heterocycles. The van der Waals surface area contributed by atoms with Crippen molar-refractivity contribution >= 4 is 5.69 Å². The van der Waals surface area contributed by atoms with Gasteiger partial charge in [-0.1, -0.05) is 19.9 Å². The van der Waals surface area contributed by atoms with Crippen LogP contribution in [0, 0.1) is 0 Å². The van der Waals surface area contributed by atoms with Crippen LogP contribution in [0.3, 0.4) is 0 Å². The van der Waals surface area contributed by atoms with E-state index in [1.165, 1.54) is 18.4 Å². The maximum Gasteiger partial charge on any atom is 0.142 e. The van der Waals surface area contributed by atoms with E-state index < -0.39 is 0 Å². The van der Waals surface area contributed by atoms with Crippen LogP contribution in [0.2, 0.25) is 0 Å². The Morgan fingerprint density at radius 1 is 1.32 bits per heavy atom. The average molecular weight is 262 g/mol. The van der Waals surface area contributed by atoms with Crippen LogP contribution in [0.5, 0.6) is 5.75 Å². The number of ether oxygens (including phenoxy) is 1. The summed E-state index contributed by atoms with van der Waals surface area (Å²) in [4.78, 5) is 2.29. The Morgan fingerprint density at radius 2 is 2.05 bits per heavy atom. The van der Waals surface area contributed by atoms with Gasteiger partial charge >= 0.3 is 0 Å². The van der Waals surface area contributed by atoms with Crippen LogP contribution in [-0.2, 0) is 0 Å². The van der Waals surface area contributed by atoms with Crippen LogP contribution in [0.25, 0.3) is 0 Å². The Bertz CT molecular complexity index is 431. The standard InChI is InChI=1S/C16H26N2O/c1-11(2)12-8-9-15(16(10-12)19-4)18(3)14-7-5-6-13(14)17/h8-11,13-14H,5-7,17H2,1-4H3. The third kappa shape index (κ3) is 2.86. The second-order valence-electron chi connectivity index (χ2n) is 5.86. The number of nitrogens with two attached hydrogens (primary N) is 1. The Hall–Kier alpha value is -1.22. The van der Waals surface area contributed by atoms with Crippen molar-refractivity contribution in [1.82, 2.24) is 0 Å². The Labute approximate surface area is 116 Å². The summed E-state index contributed by atoms with van der Waals surface area (Å²) in [6.45, 7) is 4.40. The van der Waals surface area contributed by atoms with E-state index in [0.29, 0.717) is 12.0 Å². The van der Waals surface area contributed by atoms with Gasteiger partial charge in [0.2, 0.25) is 0 Å². The summed E-state index contributed by atoms with van der Waals surface area (Å²) in [6, 6.07) is 7.22. The highest BCUT2D eigenvalue weighted by Crippen LogP contribution is 2.35. The summed E-state index contributed by atoms with van der Waals surface area (Å²) in [6.07, 6.45) is 3.52. The van der Waals surface area contributed by atoms with E-state index in [4.69, 9.17) is 10.5 Å². The van der Waals surface area contributed by atoms with Gasteiger partial charge in [0.25, 0.3) is 0 Å². The fraction of sp³-hybridized carbons (Fsp3) is 0.625. The summed E-state index contributed by atoms with van der Waals surface area (Å²) in [5.41, 5.74) is 8.66. The lowest BCUT2D eigenvalue weighted by Crippen LogP contribution is -2.42. The lowest BCUT2D eigenvalue weighted by molar-refractivity contribution is 0.412. The summed E-state index contributed by atoms with van der Waals surface area (Å²) < 4.78 is 5.57. The summed E-state index contributed by atoms with van der Waals surface area (Å²) in [7, 11) is 3.87. The Balaban J connectivity index is 2.28. The van der Waals surface area contributed by atoms with Crippen molar-refractivity contribution in [1.29, 1.82) is 0 Å². The third-order valence-corrected chi connectivity index (χ3v) is 4.28. The number of methoxy groups -OCH3 is 1. The molecule has 0 aliphatic heterocycles. The molecule has 2 rings (SSSR count). The summed E-state index contributed by atoms with van der Waals surface area (Å²) in [5.74, 6) is 1.47. The van der Waals surface area contributed by atoms with Crippen molar-refractivity contribution < 1.29 is 4.74 Å². The summed E-state index contributed by atoms with van der Waals surface area (Å²) >= 11 is 0. The van der Waals surface area contributed by atoms with E-state index >= 15 is 0 Å². The van der Waals surface area contributed by atoms with Crippen molar-refractivity contribution in [2.75, 3.05) is 19.1 Å². The normalized spacial score (nSPS) is 22.8. The van der Waals surface area contributed by atoms with Crippen molar-refractivity contribution in [2.45, 2.75) is 51.1 Å². The van der Waals surface area contributed by atoms with Gasteiger partial charge in [0.1, 0.15) is 5.75 Å². The van der Waals surface area contributed by atoms with Crippen LogP contribution in [0.4, 0.5) is 5.69 Å². The number of hydrogen-bond donors (Lipinski definition) is 1. The van der Waals surface area contributed by atoms with Crippen molar-refractivity contribution in [3.8, 4) is 5.75 Å². The van der Waals surface area contributed by atoms with Crippen molar-refractivity contribution in [3.05, 3.63) is 23.8 Å². The number of likely N-dealkylation sites (N-methyl/N-ethyl adjacent to an activating group) is 1. The third-order valence-electron chi connectivity index (χ3n) is 4.28. The lowest BCUT2D eigenvalue weighted by atomic mass is 10.0. The molecule has 1 saturated carbocycles. The van der Waals surface area contributed by atoms with E-state index in [1.807, 2.05) is 0 Å². The minimum absolute atomic E-state index is 0.277. The first-order valence-corrected chi connectivity index (χ1v) is 7.21. The molecule has 1 aromatic carbocycles. The number of hydrogen-bond acceptors (Lipinski definition) is 3. The highest BCUT2D eigenvalue weighted by atomic mass is 16.5. The molecule has 1 fully saturated rings. The van der Waals surface area contributed by atoms with Gasteiger partial charge < -0.3 is 15.4 Å². The largest absolute Gasteiger partial charge is 0.495 e. The first kappa shape index (κ1) is 14.2. The van der Waals surface area contributed by atoms with E-state index in [2.05, 4.69) is 44.0 Å². The molecule has 0 saturated heterocycles. The maximum absolute atomic E-state index is 6.20. The number of anilines is 1. The molecule has 106 valence electrons. The predicted octanol–water partition coefficient (Wildman–Crippen LogP) is 3.13. The van der Waals surface area contributed by atoms with Gasteiger partial charge in [-0.25, -0.2) is 0 Å². The van der Waals surface area contributed by atoms with Crippen LogP contribution in [0.15, 0.2) is 18.2 Å². The maximum atomic E-state index is 6.20. The second-order valence-corrected chi connectivity index (χ2v) is 5.86. The Morgan fingerprint density at radius 3 is 2.58 bits per heavy atom. The monoisotopic (exact) mass is 262 g/mol. The van der Waals surface area contributed by atoms with E-state index in [0.717, 1.165) is 17.9 Å². The van der Waals surface area contributed by atoms with Crippen molar-refractivity contribution in [3.63, 3.8) is 0 Å². The molecule has 3 heteroatoms. The predicted molar refractivity (Wildman–Crippen MR) is 81.1 cm³/mol. The van der Waals surface area contributed by atoms with Gasteiger partial charge in [-0.2, -0.15) is 0 Å². The van der Waals surface area contributed by atoms with E-state index in [-0.39, 0.29) is 6.04 Å². The van der Waals surface area contributed by atoms with Crippen LogP contribution >= 0.6 is 0 Å². The van der Waals surface area contributed by atoms with Gasteiger partial charge in [0.05, 0.1) is 12.8 Å². The molecule has 3 nitrogen and oxygen atoms in total. The van der Waals surface area contributed by atoms with Gasteiger partial charge in [-0.15, -0.1) is 0 Å². The van der Waals surface area contributed by atoms with Crippen LogP contribution in [-0.4, -0.2) is 26.2 Å². The molecule has 0 aromatic heterocycles. The molecule has 2 unspecified atom stereocenters. The number of rotatable bonds is 4. The smallest absolute Gasteiger partial charge is 0.142 e. The first-order chi connectivity index (χ1) is 9.04. The highest BCUT2D eigenvalue weighted by Gasteiger charge is 2.28. The molecule has 1 aliphatic rings. The highest BCUT2D eigenvalue weighted by molar-refractivity contribution is 5.60. The van der Waals surface area contributed by atoms with Crippen molar-refractivity contribution in [2.24, 2.45) is 5.73 Å². The molecule has 1 aromatic rings. The number of nitrogens with zero attached hydrogens (tertiary/aromatic N) is 1. The first-order valence-electron chi connectivity index (χ1n) is 7.21.